The highest BCUT2D eigenvalue weighted by atomic mass is 31.3. The first kappa shape index (κ1) is 21.3. The van der Waals surface area contributed by atoms with Crippen LogP contribution in [0.5, 0.6) is 0 Å². The molecule has 0 N–H and O–H groups in total. The first-order valence-corrected chi connectivity index (χ1v) is 8.86. The van der Waals surface area contributed by atoms with E-state index >= 15 is 0 Å². The van der Waals surface area contributed by atoms with Gasteiger partial charge in [0, 0.05) is 0 Å². The lowest BCUT2D eigenvalue weighted by Gasteiger charge is -2.21. The molecule has 0 radical (unpaired) electrons. The second-order valence-corrected chi connectivity index (χ2v) is 6.12. The average molecular weight is 318 g/mol. The van der Waals surface area contributed by atoms with Crippen molar-refractivity contribution >= 4 is 15.6 Å². The van der Waals surface area contributed by atoms with Crippen LogP contribution in [0.25, 0.3) is 0 Å². The molecule has 0 aliphatic heterocycles. The molecule has 9 heteroatoms. The third-order valence-corrected chi connectivity index (χ3v) is 5.25. The zero-order valence-corrected chi connectivity index (χ0v) is 13.8. The summed E-state index contributed by atoms with van der Waals surface area (Å²) in [7, 11) is -7.83. The van der Waals surface area contributed by atoms with E-state index < -0.39 is 15.6 Å². The first-order valence-electron chi connectivity index (χ1n) is 5.94. The average Bonchev–Trinajstić information content (AvgIpc) is 2.32. The van der Waals surface area contributed by atoms with Crippen molar-refractivity contribution in [1.29, 1.82) is 0 Å². The third kappa shape index (κ3) is 9.52. The Morgan fingerprint density at radius 3 is 1.05 bits per heavy atom. The summed E-state index contributed by atoms with van der Waals surface area (Å²) >= 11 is 0. The summed E-state index contributed by atoms with van der Waals surface area (Å²) in [6, 6.07) is 0. The molecule has 0 saturated heterocycles. The number of phosphoric acid groups is 2. The summed E-state index contributed by atoms with van der Waals surface area (Å²) < 4.78 is 48.1. The fraction of sp³-hybridized carbons (Fsp3) is 0.800. The van der Waals surface area contributed by atoms with E-state index in [0.29, 0.717) is 0 Å². The van der Waals surface area contributed by atoms with Gasteiger partial charge in [-0.25, -0.2) is 9.13 Å². The Morgan fingerprint density at radius 2 is 0.895 bits per heavy atom. The summed E-state index contributed by atoms with van der Waals surface area (Å²) in [5.74, 6) is 0. The van der Waals surface area contributed by atoms with Gasteiger partial charge >= 0.3 is 15.6 Å². The van der Waals surface area contributed by atoms with Crippen molar-refractivity contribution in [3.63, 3.8) is 0 Å². The monoisotopic (exact) mass is 318 g/mol. The van der Waals surface area contributed by atoms with E-state index in [1.54, 1.807) is 27.7 Å². The van der Waals surface area contributed by atoms with Gasteiger partial charge in [0.2, 0.25) is 0 Å². The Hall–Kier alpha value is -0.0000000000000000416. The Morgan fingerprint density at radius 1 is 0.684 bits per heavy atom. The minimum atomic E-state index is -3.91. The molecule has 0 aromatic heterocycles. The fourth-order valence-corrected chi connectivity index (χ4v) is 4.07. The van der Waals surface area contributed by atoms with Crippen LogP contribution in [0.2, 0.25) is 0 Å². The molecule has 0 aromatic carbocycles. The summed E-state index contributed by atoms with van der Waals surface area (Å²) in [6.07, 6.45) is 0. The van der Waals surface area contributed by atoms with Crippen LogP contribution in [0.15, 0.2) is 13.2 Å². The zero-order chi connectivity index (χ0) is 15.4. The second kappa shape index (κ2) is 11.8. The Kier molecular flexibility index (Phi) is 13.2. The smallest absolute Gasteiger partial charge is 0.287 e. The molecule has 0 aliphatic carbocycles. The molecule has 0 aromatic rings. The maximum atomic E-state index is 12.0. The van der Waals surface area contributed by atoms with Crippen molar-refractivity contribution in [3.05, 3.63) is 13.2 Å². The number of phosphoric ester groups is 2. The molecule has 0 fully saturated rings. The third-order valence-electron chi connectivity index (χ3n) is 1.35. The molecule has 0 spiro atoms. The maximum Gasteiger partial charge on any atom is 0.483 e. The summed E-state index contributed by atoms with van der Waals surface area (Å²) in [5.41, 5.74) is 0. The van der Waals surface area contributed by atoms with E-state index in [-0.39, 0.29) is 26.4 Å². The van der Waals surface area contributed by atoms with Gasteiger partial charge in [-0.05, 0) is 27.7 Å². The Bertz CT molecular complexity index is 260. The molecule has 0 amide bonds. The molecule has 0 unspecified atom stereocenters. The first-order chi connectivity index (χ1) is 8.95. The predicted molar refractivity (Wildman–Crippen MR) is 74.1 cm³/mol. The van der Waals surface area contributed by atoms with Gasteiger partial charge in [0.25, 0.3) is 0 Å². The predicted octanol–water partition coefficient (Wildman–Crippen LogP) is 4.17. The van der Waals surface area contributed by atoms with E-state index in [4.69, 9.17) is 22.4 Å². The lowest BCUT2D eigenvalue weighted by atomic mass is 10.9. The largest absolute Gasteiger partial charge is 0.483 e. The van der Waals surface area contributed by atoms with Crippen molar-refractivity contribution in [2.45, 2.75) is 27.7 Å². The van der Waals surface area contributed by atoms with Gasteiger partial charge in [0.05, 0.1) is 26.4 Å². The minimum Gasteiger partial charge on any atom is -0.287 e. The molecule has 7 nitrogen and oxygen atoms in total. The molecular weight excluding hydrogens is 294 g/mol. The van der Waals surface area contributed by atoms with Crippen molar-refractivity contribution in [2.24, 2.45) is 0 Å². The minimum absolute atomic E-state index is 0.0928. The van der Waals surface area contributed by atoms with Crippen LogP contribution in [0.1, 0.15) is 27.7 Å². The summed E-state index contributed by atoms with van der Waals surface area (Å²) in [6.45, 7) is 12.8. The van der Waals surface area contributed by atoms with Gasteiger partial charge in [0.1, 0.15) is 0 Å². The van der Waals surface area contributed by atoms with Crippen LogP contribution in [-0.2, 0) is 31.5 Å². The van der Waals surface area contributed by atoms with Gasteiger partial charge in [-0.15, -0.1) is 13.2 Å². The molecule has 116 valence electrons. The lowest BCUT2D eigenvalue weighted by Crippen LogP contribution is -2.03. The van der Waals surface area contributed by atoms with Gasteiger partial charge in [0.15, 0.2) is 0 Å². The zero-order valence-electron chi connectivity index (χ0n) is 12.0. The lowest BCUT2D eigenvalue weighted by molar-refractivity contribution is 0.119. The number of hydrogen-bond acceptors (Lipinski definition) is 7. The number of hydrogen-bond donors (Lipinski definition) is 0. The molecule has 0 aliphatic rings. The van der Waals surface area contributed by atoms with E-state index in [1.807, 2.05) is 0 Å². The fourth-order valence-electron chi connectivity index (χ4n) is 0.924. The second-order valence-electron chi connectivity index (χ2n) is 2.65. The van der Waals surface area contributed by atoms with Crippen LogP contribution >= 0.6 is 15.6 Å². The van der Waals surface area contributed by atoms with Crippen molar-refractivity contribution in [2.75, 3.05) is 26.4 Å². The molecular formula is C10H24O7P2. The molecule has 0 saturated carbocycles. The van der Waals surface area contributed by atoms with E-state index in [0.717, 1.165) is 0 Å². The summed E-state index contributed by atoms with van der Waals surface area (Å²) in [4.78, 5) is 0. The molecule has 0 heterocycles. The highest BCUT2D eigenvalue weighted by Gasteiger charge is 2.39. The van der Waals surface area contributed by atoms with Crippen molar-refractivity contribution in [3.8, 4) is 0 Å². The number of rotatable bonds is 10. The van der Waals surface area contributed by atoms with Crippen LogP contribution < -0.4 is 0 Å². The van der Waals surface area contributed by atoms with Crippen LogP contribution in [-0.4, -0.2) is 26.4 Å². The standard InChI is InChI=1S/C8H20O7P2.C2H4/c1-5-11-16(9,12-6-2)15-17(10,13-7-3)14-8-4;1-2/h5-8H2,1-4H3;1-2H2. The van der Waals surface area contributed by atoms with E-state index in [9.17, 15) is 9.13 Å². The van der Waals surface area contributed by atoms with Crippen molar-refractivity contribution in [1.82, 2.24) is 0 Å². The van der Waals surface area contributed by atoms with Crippen LogP contribution in [0.4, 0.5) is 0 Å². The normalized spacial score (nSPS) is 11.8. The Labute approximate surface area is 115 Å². The van der Waals surface area contributed by atoms with Gasteiger partial charge in [-0.1, -0.05) is 0 Å². The molecule has 0 bridgehead atoms. The summed E-state index contributed by atoms with van der Waals surface area (Å²) in [5, 5.41) is 0. The molecule has 0 rings (SSSR count). The topological polar surface area (TPSA) is 80.3 Å². The molecule has 0 atom stereocenters. The van der Waals surface area contributed by atoms with Gasteiger partial charge in [-0.3, -0.25) is 18.1 Å². The van der Waals surface area contributed by atoms with E-state index in [2.05, 4.69) is 13.2 Å². The van der Waals surface area contributed by atoms with Crippen molar-refractivity contribution < 1.29 is 31.5 Å². The quantitative estimate of drug-likeness (QED) is 0.442. The van der Waals surface area contributed by atoms with Gasteiger partial charge in [-0.2, -0.15) is 4.31 Å². The van der Waals surface area contributed by atoms with Crippen LogP contribution in [0, 0.1) is 0 Å². The SMILES string of the molecule is C=C.CCOP(=O)(OCC)OP(=O)(OCC)OCC. The molecule has 19 heavy (non-hydrogen) atoms. The highest BCUT2D eigenvalue weighted by molar-refractivity contribution is 7.62. The Balaban J connectivity index is 0. The maximum absolute atomic E-state index is 12.0. The van der Waals surface area contributed by atoms with Crippen LogP contribution in [0.3, 0.4) is 0 Å². The van der Waals surface area contributed by atoms with Gasteiger partial charge < -0.3 is 0 Å². The highest BCUT2D eigenvalue weighted by Crippen LogP contribution is 2.65. The van der Waals surface area contributed by atoms with E-state index in [1.165, 1.54) is 0 Å².